The van der Waals surface area contributed by atoms with E-state index in [1.54, 1.807) is 0 Å². The molecule has 0 spiro atoms. The van der Waals surface area contributed by atoms with Crippen LogP contribution >= 0.6 is 0 Å². The smallest absolute Gasteiger partial charge is 0.254 e. The standard InChI is InChI=1S/C17H27NO3/c1-17(10-6-12-21-17)16(20)18-11-5-4-8-14(18)13-7-2-3-9-15(13)19/h13-14H,2-12H2,1H3. The quantitative estimate of drug-likeness (QED) is 0.786. The minimum absolute atomic E-state index is 0.0769. The molecule has 3 unspecified atom stereocenters. The van der Waals surface area contributed by atoms with Crippen molar-refractivity contribution in [3.63, 3.8) is 0 Å². The van der Waals surface area contributed by atoms with Crippen LogP contribution in [0, 0.1) is 5.92 Å². The summed E-state index contributed by atoms with van der Waals surface area (Å²) in [6.45, 7) is 3.41. The Labute approximate surface area is 127 Å². The molecule has 0 N–H and O–H groups in total. The summed E-state index contributed by atoms with van der Waals surface area (Å²) in [7, 11) is 0. The number of carbonyl (C=O) groups excluding carboxylic acids is 2. The Morgan fingerprint density at radius 1 is 1.19 bits per heavy atom. The predicted octanol–water partition coefficient (Wildman–Crippen LogP) is 2.70. The van der Waals surface area contributed by atoms with Gasteiger partial charge in [-0.05, 0) is 51.9 Å². The molecule has 0 aromatic heterocycles. The van der Waals surface area contributed by atoms with Gasteiger partial charge in [0.05, 0.1) is 0 Å². The molecule has 1 amide bonds. The highest BCUT2D eigenvalue weighted by molar-refractivity contribution is 5.87. The average Bonchev–Trinajstić information content (AvgIpc) is 2.95. The number of piperidine rings is 1. The first-order chi connectivity index (χ1) is 10.1. The van der Waals surface area contributed by atoms with Gasteiger partial charge in [-0.2, -0.15) is 0 Å². The Hall–Kier alpha value is -0.900. The Bertz CT molecular complexity index is 414. The molecular weight excluding hydrogens is 266 g/mol. The zero-order valence-electron chi connectivity index (χ0n) is 13.1. The molecule has 4 nitrogen and oxygen atoms in total. The van der Waals surface area contributed by atoms with E-state index in [2.05, 4.69) is 0 Å². The number of nitrogens with zero attached hydrogens (tertiary/aromatic N) is 1. The van der Waals surface area contributed by atoms with Gasteiger partial charge in [0.2, 0.25) is 0 Å². The lowest BCUT2D eigenvalue weighted by Gasteiger charge is -2.43. The van der Waals surface area contributed by atoms with Crippen molar-refractivity contribution in [2.45, 2.75) is 76.4 Å². The molecule has 2 saturated heterocycles. The molecule has 21 heavy (non-hydrogen) atoms. The first-order valence-electron chi connectivity index (χ1n) is 8.59. The van der Waals surface area contributed by atoms with Crippen LogP contribution in [0.1, 0.15) is 64.7 Å². The molecule has 3 atom stereocenters. The van der Waals surface area contributed by atoms with Gasteiger partial charge in [0.1, 0.15) is 11.4 Å². The summed E-state index contributed by atoms with van der Waals surface area (Å²) < 4.78 is 5.74. The van der Waals surface area contributed by atoms with Crippen LogP contribution < -0.4 is 0 Å². The lowest BCUT2D eigenvalue weighted by atomic mass is 9.78. The van der Waals surface area contributed by atoms with Crippen molar-refractivity contribution in [3.8, 4) is 0 Å². The van der Waals surface area contributed by atoms with E-state index in [1.807, 2.05) is 11.8 Å². The van der Waals surface area contributed by atoms with E-state index in [-0.39, 0.29) is 17.9 Å². The minimum Gasteiger partial charge on any atom is -0.365 e. The summed E-state index contributed by atoms with van der Waals surface area (Å²) in [5.74, 6) is 0.583. The predicted molar refractivity (Wildman–Crippen MR) is 79.9 cm³/mol. The Balaban J connectivity index is 1.77. The van der Waals surface area contributed by atoms with Crippen LogP contribution in [0.3, 0.4) is 0 Å². The molecule has 0 aromatic rings. The highest BCUT2D eigenvalue weighted by Crippen LogP contribution is 2.35. The van der Waals surface area contributed by atoms with Crippen molar-refractivity contribution in [2.75, 3.05) is 13.2 Å². The lowest BCUT2D eigenvalue weighted by molar-refractivity contribution is -0.157. The first-order valence-corrected chi connectivity index (χ1v) is 8.59. The maximum atomic E-state index is 13.0. The maximum Gasteiger partial charge on any atom is 0.254 e. The fourth-order valence-electron chi connectivity index (χ4n) is 4.30. The Morgan fingerprint density at radius 3 is 2.71 bits per heavy atom. The van der Waals surface area contributed by atoms with Gasteiger partial charge in [0.25, 0.3) is 5.91 Å². The number of ether oxygens (including phenoxy) is 1. The van der Waals surface area contributed by atoms with E-state index in [4.69, 9.17) is 4.74 Å². The second-order valence-electron chi connectivity index (χ2n) is 7.06. The molecule has 2 aliphatic heterocycles. The number of likely N-dealkylation sites (tertiary alicyclic amines) is 1. The summed E-state index contributed by atoms with van der Waals surface area (Å²) in [5.41, 5.74) is -0.646. The van der Waals surface area contributed by atoms with E-state index >= 15 is 0 Å². The summed E-state index contributed by atoms with van der Waals surface area (Å²) in [6, 6.07) is 0.125. The molecule has 3 rings (SSSR count). The monoisotopic (exact) mass is 293 g/mol. The third-order valence-electron chi connectivity index (χ3n) is 5.55. The summed E-state index contributed by atoms with van der Waals surface area (Å²) in [4.78, 5) is 27.3. The van der Waals surface area contributed by atoms with Gasteiger partial charge in [-0.3, -0.25) is 9.59 Å². The van der Waals surface area contributed by atoms with Crippen LogP contribution in [0.5, 0.6) is 0 Å². The highest BCUT2D eigenvalue weighted by atomic mass is 16.5. The maximum absolute atomic E-state index is 13.0. The van der Waals surface area contributed by atoms with Gasteiger partial charge in [-0.15, -0.1) is 0 Å². The molecular formula is C17H27NO3. The van der Waals surface area contributed by atoms with E-state index in [1.165, 1.54) is 0 Å². The number of carbonyl (C=O) groups is 2. The van der Waals surface area contributed by atoms with Gasteiger partial charge in [-0.1, -0.05) is 6.42 Å². The normalized spacial score (nSPS) is 37.8. The van der Waals surface area contributed by atoms with Gasteiger partial charge < -0.3 is 9.64 Å². The number of ketones is 1. The molecule has 4 heteroatoms. The van der Waals surface area contributed by atoms with E-state index < -0.39 is 5.60 Å². The van der Waals surface area contributed by atoms with Crippen molar-refractivity contribution >= 4 is 11.7 Å². The van der Waals surface area contributed by atoms with Gasteiger partial charge >= 0.3 is 0 Å². The number of rotatable bonds is 2. The average molecular weight is 293 g/mol. The van der Waals surface area contributed by atoms with Crippen molar-refractivity contribution in [2.24, 2.45) is 5.92 Å². The molecule has 118 valence electrons. The number of Topliss-reactive ketones (excluding diaryl/α,β-unsaturated/α-hetero) is 1. The summed E-state index contributed by atoms with van der Waals surface area (Å²) in [6.07, 6.45) is 8.77. The molecule has 1 saturated carbocycles. The van der Waals surface area contributed by atoms with Gasteiger partial charge in [0.15, 0.2) is 0 Å². The molecule has 1 aliphatic carbocycles. The van der Waals surface area contributed by atoms with Crippen LogP contribution in [0.25, 0.3) is 0 Å². The third kappa shape index (κ3) is 2.87. The molecule has 0 bridgehead atoms. The number of hydrogen-bond donors (Lipinski definition) is 0. The Morgan fingerprint density at radius 2 is 2.00 bits per heavy atom. The van der Waals surface area contributed by atoms with Crippen LogP contribution in [0.15, 0.2) is 0 Å². The van der Waals surface area contributed by atoms with Crippen LogP contribution in [-0.2, 0) is 14.3 Å². The van der Waals surface area contributed by atoms with E-state index in [9.17, 15) is 9.59 Å². The zero-order valence-corrected chi connectivity index (χ0v) is 13.1. The SMILES string of the molecule is CC1(C(=O)N2CCCCC2C2CCCCC2=O)CCCO1. The molecule has 0 radical (unpaired) electrons. The summed E-state index contributed by atoms with van der Waals surface area (Å²) in [5, 5.41) is 0. The second kappa shape index (κ2) is 6.07. The number of amides is 1. The summed E-state index contributed by atoms with van der Waals surface area (Å²) >= 11 is 0. The fourth-order valence-corrected chi connectivity index (χ4v) is 4.30. The van der Waals surface area contributed by atoms with E-state index in [0.29, 0.717) is 18.8 Å². The molecule has 0 aromatic carbocycles. The minimum atomic E-state index is -0.646. The fraction of sp³-hybridized carbons (Fsp3) is 0.882. The molecule has 3 aliphatic rings. The molecule has 2 heterocycles. The van der Waals surface area contributed by atoms with Gasteiger partial charge in [0, 0.05) is 31.5 Å². The third-order valence-corrected chi connectivity index (χ3v) is 5.55. The first kappa shape index (κ1) is 15.0. The topological polar surface area (TPSA) is 46.6 Å². The number of hydrogen-bond acceptors (Lipinski definition) is 3. The second-order valence-corrected chi connectivity index (χ2v) is 7.06. The van der Waals surface area contributed by atoms with Crippen molar-refractivity contribution in [1.29, 1.82) is 0 Å². The van der Waals surface area contributed by atoms with Crippen LogP contribution in [-0.4, -0.2) is 41.4 Å². The largest absolute Gasteiger partial charge is 0.365 e. The van der Waals surface area contributed by atoms with Crippen LogP contribution in [0.2, 0.25) is 0 Å². The molecule has 3 fully saturated rings. The lowest BCUT2D eigenvalue weighted by Crippen LogP contribution is -2.56. The van der Waals surface area contributed by atoms with Crippen molar-refractivity contribution in [3.05, 3.63) is 0 Å². The highest BCUT2D eigenvalue weighted by Gasteiger charge is 2.45. The Kier molecular flexibility index (Phi) is 4.34. The van der Waals surface area contributed by atoms with Gasteiger partial charge in [-0.25, -0.2) is 0 Å². The van der Waals surface area contributed by atoms with Crippen LogP contribution in [0.4, 0.5) is 0 Å². The van der Waals surface area contributed by atoms with Crippen molar-refractivity contribution < 1.29 is 14.3 Å². The zero-order chi connectivity index (χ0) is 14.9. The van der Waals surface area contributed by atoms with E-state index in [0.717, 1.165) is 57.9 Å². The van der Waals surface area contributed by atoms with Crippen molar-refractivity contribution in [1.82, 2.24) is 4.90 Å².